The first kappa shape index (κ1) is 20.3. The molecule has 2 aromatic carbocycles. The monoisotopic (exact) mass is 410 g/mol. The minimum Gasteiger partial charge on any atom is -0.478 e. The van der Waals surface area contributed by atoms with E-state index in [2.05, 4.69) is 0 Å². The Morgan fingerprint density at radius 2 is 1.68 bits per heavy atom. The summed E-state index contributed by atoms with van der Waals surface area (Å²) in [5, 5.41) is 8.39. The molecule has 0 radical (unpaired) electrons. The average Bonchev–Trinajstić information content (AvgIpc) is 2.58. The molecule has 1 aliphatic rings. The van der Waals surface area contributed by atoms with Crippen LogP contribution in [0.15, 0.2) is 47.5 Å². The second kappa shape index (κ2) is 6.55. The van der Waals surface area contributed by atoms with Crippen LogP contribution in [0.5, 0.6) is 5.75 Å². The zero-order valence-corrected chi connectivity index (χ0v) is 16.2. The van der Waals surface area contributed by atoms with Gasteiger partial charge in [0.15, 0.2) is 0 Å². The predicted molar refractivity (Wildman–Crippen MR) is 101 cm³/mol. The van der Waals surface area contributed by atoms with Gasteiger partial charge in [0.2, 0.25) is 0 Å². The van der Waals surface area contributed by atoms with E-state index in [-0.39, 0.29) is 16.7 Å². The third-order valence-corrected chi connectivity index (χ3v) is 5.06. The normalized spacial score (nSPS) is 19.5. The summed E-state index contributed by atoms with van der Waals surface area (Å²) in [5.74, 6) is -2.39. The van der Waals surface area contributed by atoms with Crippen LogP contribution in [-0.4, -0.2) is 22.9 Å². The lowest BCUT2D eigenvalue weighted by molar-refractivity contribution is -0.236. The van der Waals surface area contributed by atoms with Crippen molar-refractivity contribution in [3.05, 3.63) is 58.6 Å². The van der Waals surface area contributed by atoms with E-state index in [1.807, 2.05) is 32.9 Å². The van der Waals surface area contributed by atoms with Crippen LogP contribution in [0.4, 0.5) is 13.2 Å². The lowest BCUT2D eigenvalue weighted by Crippen LogP contribution is -2.58. The molecule has 7 heteroatoms. The summed E-state index contributed by atoms with van der Waals surface area (Å²) in [7, 11) is 0. The van der Waals surface area contributed by atoms with Crippen LogP contribution < -0.4 is 4.74 Å². The predicted octanol–water partition coefficient (Wildman–Crippen LogP) is 6.01. The van der Waals surface area contributed by atoms with Crippen LogP contribution in [0.1, 0.15) is 31.9 Å². The van der Waals surface area contributed by atoms with Crippen LogP contribution >= 0.6 is 11.6 Å². The smallest absolute Gasteiger partial charge is 0.445 e. The molecule has 0 aliphatic carbocycles. The van der Waals surface area contributed by atoms with Crippen LogP contribution in [0.2, 0.25) is 0 Å². The number of carboxylic acids is 1. The topological polar surface area (TPSA) is 46.5 Å². The molecule has 0 saturated heterocycles. The minimum absolute atomic E-state index is 0.0871. The van der Waals surface area contributed by atoms with Gasteiger partial charge in [0.25, 0.3) is 0 Å². The highest BCUT2D eigenvalue weighted by molar-refractivity contribution is 6.35. The molecule has 148 valence electrons. The fraction of sp³-hybridized carbons (Fsp3) is 0.286. The Labute approximate surface area is 165 Å². The molecule has 2 aromatic rings. The van der Waals surface area contributed by atoms with Gasteiger partial charge < -0.3 is 9.84 Å². The maximum absolute atomic E-state index is 13.7. The van der Waals surface area contributed by atoms with Crippen molar-refractivity contribution < 1.29 is 27.8 Å². The zero-order chi connectivity index (χ0) is 20.9. The molecule has 28 heavy (non-hydrogen) atoms. The highest BCUT2D eigenvalue weighted by atomic mass is 35.5. The number of para-hydroxylation sites is 1. The van der Waals surface area contributed by atoms with Gasteiger partial charge in [-0.1, -0.05) is 74.8 Å². The summed E-state index contributed by atoms with van der Waals surface area (Å²) in [6.45, 7) is 6.15. The van der Waals surface area contributed by atoms with E-state index in [4.69, 9.17) is 16.3 Å². The van der Waals surface area contributed by atoms with Crippen molar-refractivity contribution in [2.75, 3.05) is 0 Å². The summed E-state index contributed by atoms with van der Waals surface area (Å²) in [6, 6.07) is 12.1. The van der Waals surface area contributed by atoms with Crippen molar-refractivity contribution in [1.29, 1.82) is 0 Å². The molecular weight excluding hydrogens is 393 g/mol. The number of hydrogen-bond donors (Lipinski definition) is 1. The quantitative estimate of drug-likeness (QED) is 0.659. The number of hydrogen-bond acceptors (Lipinski definition) is 2. The molecule has 3 nitrogen and oxygen atoms in total. The highest BCUT2D eigenvalue weighted by Crippen LogP contribution is 2.49. The van der Waals surface area contributed by atoms with Crippen molar-refractivity contribution in [2.45, 2.75) is 38.0 Å². The summed E-state index contributed by atoms with van der Waals surface area (Å²) >= 11 is 5.75. The SMILES string of the molecule is CC(C)(C)c1ccc(-c2cccc3c2OC(C(=O)O)(C(F)(F)F)C(Cl)=C3)cc1. The number of rotatable bonds is 2. The summed E-state index contributed by atoms with van der Waals surface area (Å²) in [5.41, 5.74) is -1.42. The van der Waals surface area contributed by atoms with E-state index in [0.29, 0.717) is 11.1 Å². The number of aliphatic carboxylic acids is 1. The molecule has 0 spiro atoms. The van der Waals surface area contributed by atoms with E-state index in [0.717, 1.165) is 11.6 Å². The summed E-state index contributed by atoms with van der Waals surface area (Å²) < 4.78 is 46.2. The van der Waals surface area contributed by atoms with Gasteiger partial charge in [-0.3, -0.25) is 0 Å². The fourth-order valence-electron chi connectivity index (χ4n) is 3.06. The molecule has 0 amide bonds. The number of alkyl halides is 3. The van der Waals surface area contributed by atoms with Crippen molar-refractivity contribution in [1.82, 2.24) is 0 Å². The van der Waals surface area contributed by atoms with Gasteiger partial charge in [-0.2, -0.15) is 13.2 Å². The minimum atomic E-state index is -5.24. The zero-order valence-electron chi connectivity index (χ0n) is 15.4. The Morgan fingerprint density at radius 1 is 1.07 bits per heavy atom. The van der Waals surface area contributed by atoms with Gasteiger partial charge in [-0.15, -0.1) is 0 Å². The molecule has 0 saturated carbocycles. The second-order valence-corrected chi connectivity index (χ2v) is 8.04. The van der Waals surface area contributed by atoms with Gasteiger partial charge in [0, 0.05) is 11.1 Å². The number of benzene rings is 2. The average molecular weight is 411 g/mol. The van der Waals surface area contributed by atoms with Crippen LogP contribution in [0.3, 0.4) is 0 Å². The number of carbonyl (C=O) groups is 1. The van der Waals surface area contributed by atoms with Crippen LogP contribution in [0, 0.1) is 0 Å². The first-order valence-electron chi connectivity index (χ1n) is 8.48. The lowest BCUT2D eigenvalue weighted by Gasteiger charge is -2.35. The summed E-state index contributed by atoms with van der Waals surface area (Å²) in [6.07, 6.45) is -4.25. The van der Waals surface area contributed by atoms with Crippen molar-refractivity contribution in [2.24, 2.45) is 0 Å². The third kappa shape index (κ3) is 3.15. The molecule has 1 atom stereocenters. The molecule has 3 rings (SSSR count). The molecule has 1 N–H and O–H groups in total. The number of ether oxygens (including phenoxy) is 1. The Bertz CT molecular complexity index is 956. The number of fused-ring (bicyclic) bond motifs is 1. The Morgan fingerprint density at radius 3 is 2.18 bits per heavy atom. The third-order valence-electron chi connectivity index (χ3n) is 4.68. The number of halogens is 4. The first-order valence-corrected chi connectivity index (χ1v) is 8.86. The van der Waals surface area contributed by atoms with Gasteiger partial charge >= 0.3 is 17.7 Å². The van der Waals surface area contributed by atoms with E-state index in [9.17, 15) is 23.1 Å². The Balaban J connectivity index is 2.17. The second-order valence-electron chi connectivity index (χ2n) is 7.63. The highest BCUT2D eigenvalue weighted by Gasteiger charge is 2.67. The largest absolute Gasteiger partial charge is 0.478 e. The molecule has 0 fully saturated rings. The molecule has 1 unspecified atom stereocenters. The van der Waals surface area contributed by atoms with Gasteiger partial charge in [0.1, 0.15) is 5.75 Å². The Kier molecular flexibility index (Phi) is 4.74. The summed E-state index contributed by atoms with van der Waals surface area (Å²) in [4.78, 5) is 11.6. The standard InChI is InChI=1S/C21H18ClF3O3/c1-19(2,3)14-9-7-12(8-10-14)15-6-4-5-13-11-16(22)20(18(26)27,21(23,24)25)28-17(13)15/h4-11H,1-3H3,(H,26,27). The maximum Gasteiger partial charge on any atom is 0.445 e. The molecule has 1 aliphatic heterocycles. The maximum atomic E-state index is 13.7. The van der Waals surface area contributed by atoms with Crippen molar-refractivity contribution in [3.8, 4) is 16.9 Å². The van der Waals surface area contributed by atoms with Crippen LogP contribution in [-0.2, 0) is 10.2 Å². The van der Waals surface area contributed by atoms with Crippen molar-refractivity contribution >= 4 is 23.6 Å². The molecule has 1 heterocycles. The molecular formula is C21H18ClF3O3. The van der Waals surface area contributed by atoms with Crippen LogP contribution in [0.25, 0.3) is 17.2 Å². The number of carboxylic acid groups (broad SMARTS) is 1. The van der Waals surface area contributed by atoms with Gasteiger partial charge in [0.05, 0.1) is 5.03 Å². The van der Waals surface area contributed by atoms with Gasteiger partial charge in [-0.25, -0.2) is 4.79 Å². The van der Waals surface area contributed by atoms with E-state index in [1.165, 1.54) is 6.07 Å². The van der Waals surface area contributed by atoms with E-state index >= 15 is 0 Å². The Hall–Kier alpha value is -2.47. The van der Waals surface area contributed by atoms with E-state index < -0.39 is 22.8 Å². The van der Waals surface area contributed by atoms with Gasteiger partial charge in [-0.05, 0) is 22.6 Å². The van der Waals surface area contributed by atoms with Crippen molar-refractivity contribution in [3.63, 3.8) is 0 Å². The lowest BCUT2D eigenvalue weighted by atomic mass is 9.86. The van der Waals surface area contributed by atoms with E-state index in [1.54, 1.807) is 24.3 Å². The molecule has 0 aromatic heterocycles. The first-order chi connectivity index (χ1) is 12.9. The fourth-order valence-corrected chi connectivity index (χ4v) is 3.40. The molecule has 0 bridgehead atoms.